The number of likely N-dealkylation sites (tertiary alicyclic amines) is 1. The third kappa shape index (κ3) is 2.82. The van der Waals surface area contributed by atoms with Gasteiger partial charge in [-0.2, -0.15) is 0 Å². The summed E-state index contributed by atoms with van der Waals surface area (Å²) >= 11 is 0. The van der Waals surface area contributed by atoms with Crippen LogP contribution in [-0.4, -0.2) is 36.2 Å². The molecule has 1 aliphatic heterocycles. The number of methoxy groups -OCH3 is 1. The van der Waals surface area contributed by atoms with Crippen LogP contribution in [0.25, 0.3) is 0 Å². The number of hydrogen-bond acceptors (Lipinski definition) is 3. The molecule has 4 heteroatoms. The minimum Gasteiger partial charge on any atom is -0.496 e. The van der Waals surface area contributed by atoms with Gasteiger partial charge in [-0.15, -0.1) is 0 Å². The number of benzene rings is 1. The Kier molecular flexibility index (Phi) is 3.87. The van der Waals surface area contributed by atoms with Crippen molar-refractivity contribution in [3.05, 3.63) is 29.3 Å². The fourth-order valence-corrected chi connectivity index (χ4v) is 2.44. The normalized spacial score (nSPS) is 20.0. The topological polar surface area (TPSA) is 49.8 Å². The maximum atomic E-state index is 11.0. The van der Waals surface area contributed by atoms with Crippen molar-refractivity contribution in [1.29, 1.82) is 0 Å². The molecule has 1 atom stereocenters. The first-order chi connectivity index (χ1) is 8.60. The van der Waals surface area contributed by atoms with Crippen molar-refractivity contribution in [3.63, 3.8) is 0 Å². The van der Waals surface area contributed by atoms with E-state index >= 15 is 0 Å². The lowest BCUT2D eigenvalue weighted by molar-refractivity contribution is 0.0693. The number of nitrogens with zero attached hydrogens (tertiary/aromatic N) is 1. The van der Waals surface area contributed by atoms with Crippen LogP contribution in [0.1, 0.15) is 29.3 Å². The summed E-state index contributed by atoms with van der Waals surface area (Å²) in [6, 6.07) is 5.32. The average molecular weight is 249 g/mol. The van der Waals surface area contributed by atoms with Crippen molar-refractivity contribution in [2.45, 2.75) is 19.9 Å². The van der Waals surface area contributed by atoms with Crippen LogP contribution >= 0.6 is 0 Å². The predicted octanol–water partition coefficient (Wildman–Crippen LogP) is 2.24. The van der Waals surface area contributed by atoms with E-state index in [0.29, 0.717) is 5.75 Å². The first-order valence-electron chi connectivity index (χ1n) is 6.22. The third-order valence-electron chi connectivity index (χ3n) is 3.41. The van der Waals surface area contributed by atoms with Gasteiger partial charge >= 0.3 is 5.97 Å². The number of carbonyl (C=O) groups is 1. The second kappa shape index (κ2) is 5.40. The highest BCUT2D eigenvalue weighted by Crippen LogP contribution is 2.23. The highest BCUT2D eigenvalue weighted by Gasteiger charge is 2.19. The quantitative estimate of drug-likeness (QED) is 0.889. The zero-order valence-corrected chi connectivity index (χ0v) is 10.8. The predicted molar refractivity (Wildman–Crippen MR) is 69.0 cm³/mol. The summed E-state index contributed by atoms with van der Waals surface area (Å²) in [5, 5.41) is 9.02. The molecule has 0 radical (unpaired) electrons. The molecule has 0 aromatic heterocycles. The fraction of sp³-hybridized carbons (Fsp3) is 0.500. The van der Waals surface area contributed by atoms with Crippen LogP contribution in [0, 0.1) is 5.92 Å². The van der Waals surface area contributed by atoms with Gasteiger partial charge in [0.1, 0.15) is 11.3 Å². The molecule has 18 heavy (non-hydrogen) atoms. The second-order valence-corrected chi connectivity index (χ2v) is 4.97. The summed E-state index contributed by atoms with van der Waals surface area (Å²) in [6.07, 6.45) is 1.24. The molecule has 1 aliphatic rings. The molecule has 0 aliphatic carbocycles. The largest absolute Gasteiger partial charge is 0.496 e. The van der Waals surface area contributed by atoms with Crippen LogP contribution in [0.2, 0.25) is 0 Å². The maximum absolute atomic E-state index is 11.0. The smallest absolute Gasteiger partial charge is 0.339 e. The van der Waals surface area contributed by atoms with Gasteiger partial charge < -0.3 is 9.84 Å². The van der Waals surface area contributed by atoms with Gasteiger partial charge in [0.15, 0.2) is 0 Å². The summed E-state index contributed by atoms with van der Waals surface area (Å²) in [5.41, 5.74) is 1.32. The van der Waals surface area contributed by atoms with Gasteiger partial charge in [0.2, 0.25) is 0 Å². The molecule has 1 aromatic carbocycles. The van der Waals surface area contributed by atoms with Crippen LogP contribution in [-0.2, 0) is 6.54 Å². The molecule has 1 unspecified atom stereocenters. The van der Waals surface area contributed by atoms with E-state index < -0.39 is 5.97 Å². The summed E-state index contributed by atoms with van der Waals surface area (Å²) < 4.78 is 5.13. The van der Waals surface area contributed by atoms with Crippen LogP contribution in [0.5, 0.6) is 5.75 Å². The van der Waals surface area contributed by atoms with Crippen LogP contribution < -0.4 is 4.74 Å². The number of aromatic carboxylic acids is 1. The van der Waals surface area contributed by atoms with Gasteiger partial charge in [-0.1, -0.05) is 13.0 Å². The highest BCUT2D eigenvalue weighted by molar-refractivity contribution is 5.90. The van der Waals surface area contributed by atoms with Crippen LogP contribution in [0.4, 0.5) is 0 Å². The molecule has 98 valence electrons. The van der Waals surface area contributed by atoms with Crippen LogP contribution in [0.15, 0.2) is 18.2 Å². The van der Waals surface area contributed by atoms with Gasteiger partial charge in [0.05, 0.1) is 7.11 Å². The molecule has 1 heterocycles. The van der Waals surface area contributed by atoms with Gasteiger partial charge in [0, 0.05) is 13.1 Å². The monoisotopic (exact) mass is 249 g/mol. The Morgan fingerprint density at radius 2 is 2.33 bits per heavy atom. The Hall–Kier alpha value is -1.55. The molecule has 0 amide bonds. The summed E-state index contributed by atoms with van der Waals surface area (Å²) in [6.45, 7) is 5.35. The SMILES string of the molecule is COc1cc(CN2CCC(C)C2)ccc1C(=O)O. The lowest BCUT2D eigenvalue weighted by atomic mass is 10.1. The Balaban J connectivity index is 2.12. The standard InChI is InChI=1S/C14H19NO3/c1-10-5-6-15(8-10)9-11-3-4-12(14(16)17)13(7-11)18-2/h3-4,7,10H,5-6,8-9H2,1-2H3,(H,16,17). The molecule has 0 bridgehead atoms. The third-order valence-corrected chi connectivity index (χ3v) is 3.41. The van der Waals surface area contributed by atoms with E-state index in [-0.39, 0.29) is 5.56 Å². The molecule has 1 saturated heterocycles. The van der Waals surface area contributed by atoms with Crippen molar-refractivity contribution >= 4 is 5.97 Å². The zero-order chi connectivity index (χ0) is 13.1. The lowest BCUT2D eigenvalue weighted by Crippen LogP contribution is -2.19. The summed E-state index contributed by atoms with van der Waals surface area (Å²) in [5.74, 6) is 0.241. The van der Waals surface area contributed by atoms with Gasteiger partial charge in [-0.25, -0.2) is 4.79 Å². The molecule has 0 saturated carbocycles. The number of carboxylic acids is 1. The Morgan fingerprint density at radius 3 is 2.89 bits per heavy atom. The van der Waals surface area contributed by atoms with Gasteiger partial charge in [-0.3, -0.25) is 4.90 Å². The first kappa shape index (κ1) is 12.9. The second-order valence-electron chi connectivity index (χ2n) is 4.97. The number of carboxylic acid groups (broad SMARTS) is 1. The molecule has 2 rings (SSSR count). The molecule has 1 fully saturated rings. The number of rotatable bonds is 4. The lowest BCUT2D eigenvalue weighted by Gasteiger charge is -2.16. The van der Waals surface area contributed by atoms with Crippen molar-refractivity contribution in [1.82, 2.24) is 4.90 Å². The number of ether oxygens (including phenoxy) is 1. The fourth-order valence-electron chi connectivity index (χ4n) is 2.44. The van der Waals surface area contributed by atoms with Gasteiger partial charge in [0.25, 0.3) is 0 Å². The van der Waals surface area contributed by atoms with E-state index in [0.717, 1.165) is 31.1 Å². The van der Waals surface area contributed by atoms with Crippen molar-refractivity contribution in [3.8, 4) is 5.75 Å². The maximum Gasteiger partial charge on any atom is 0.339 e. The molecular formula is C14H19NO3. The first-order valence-corrected chi connectivity index (χ1v) is 6.22. The van der Waals surface area contributed by atoms with Crippen molar-refractivity contribution in [2.24, 2.45) is 5.92 Å². The van der Waals surface area contributed by atoms with E-state index in [1.807, 2.05) is 12.1 Å². The molecular weight excluding hydrogens is 230 g/mol. The molecule has 1 N–H and O–H groups in total. The zero-order valence-electron chi connectivity index (χ0n) is 10.8. The number of hydrogen-bond donors (Lipinski definition) is 1. The molecule has 4 nitrogen and oxygen atoms in total. The van der Waals surface area contributed by atoms with E-state index in [1.54, 1.807) is 6.07 Å². The summed E-state index contributed by atoms with van der Waals surface area (Å²) in [4.78, 5) is 13.4. The highest BCUT2D eigenvalue weighted by atomic mass is 16.5. The van der Waals surface area contributed by atoms with Gasteiger partial charge in [-0.05, 0) is 36.6 Å². The Labute approximate surface area is 107 Å². The van der Waals surface area contributed by atoms with E-state index in [9.17, 15) is 4.79 Å². The molecule has 0 spiro atoms. The van der Waals surface area contributed by atoms with Crippen molar-refractivity contribution < 1.29 is 14.6 Å². The van der Waals surface area contributed by atoms with Crippen LogP contribution in [0.3, 0.4) is 0 Å². The average Bonchev–Trinajstić information content (AvgIpc) is 2.74. The minimum absolute atomic E-state index is 0.219. The Morgan fingerprint density at radius 1 is 1.56 bits per heavy atom. The van der Waals surface area contributed by atoms with E-state index in [2.05, 4.69) is 11.8 Å². The minimum atomic E-state index is -0.951. The molecule has 1 aromatic rings. The van der Waals surface area contributed by atoms with Crippen molar-refractivity contribution in [2.75, 3.05) is 20.2 Å². The summed E-state index contributed by atoms with van der Waals surface area (Å²) in [7, 11) is 1.50. The van der Waals surface area contributed by atoms with E-state index in [1.165, 1.54) is 13.5 Å². The Bertz CT molecular complexity index is 445. The van der Waals surface area contributed by atoms with E-state index in [4.69, 9.17) is 9.84 Å².